The van der Waals surface area contributed by atoms with Crippen LogP contribution in [0, 0.1) is 0 Å². The van der Waals surface area contributed by atoms with Crippen molar-refractivity contribution in [2.75, 3.05) is 0 Å². The lowest BCUT2D eigenvalue weighted by Gasteiger charge is -1.93. The molecule has 0 spiro atoms. The maximum atomic E-state index is 9.16. The van der Waals surface area contributed by atoms with E-state index in [1.807, 2.05) is 0 Å². The lowest BCUT2D eigenvalue weighted by molar-refractivity contribution is 0.621. The molecule has 0 bridgehead atoms. The Bertz CT molecular complexity index is 327. The third kappa shape index (κ3) is 11.8. The van der Waals surface area contributed by atoms with Crippen LogP contribution in [0.1, 0.15) is 18.9 Å². The van der Waals surface area contributed by atoms with Crippen LogP contribution in [0.4, 0.5) is 0 Å². The molecule has 0 heterocycles. The van der Waals surface area contributed by atoms with Gasteiger partial charge in [-0.05, 0) is 12.0 Å². The maximum absolute atomic E-state index is 9.16. The molecular formula is C9H12Cl2O2S. The van der Waals surface area contributed by atoms with Crippen LogP contribution in [-0.2, 0) is 14.7 Å². The minimum atomic E-state index is -3.72. The molecule has 1 aromatic carbocycles. The predicted octanol–water partition coefficient (Wildman–Crippen LogP) is 3.35. The molecular weight excluding hydrogens is 243 g/mol. The van der Waals surface area contributed by atoms with Crippen molar-refractivity contribution in [2.45, 2.75) is 19.8 Å². The average Bonchev–Trinajstić information content (AvgIpc) is 2.03. The Morgan fingerprint density at radius 1 is 1.14 bits per heavy atom. The van der Waals surface area contributed by atoms with E-state index >= 15 is 0 Å². The molecule has 0 radical (unpaired) electrons. The van der Waals surface area contributed by atoms with Crippen LogP contribution < -0.4 is 0 Å². The SMILES string of the molecule is CCCc1ccccc1.O=S(=O)(Cl)Cl. The van der Waals surface area contributed by atoms with Crippen molar-refractivity contribution in [1.29, 1.82) is 0 Å². The summed E-state index contributed by atoms with van der Waals surface area (Å²) in [6, 6.07) is 10.6. The highest BCUT2D eigenvalue weighted by atomic mass is 36.0. The molecule has 0 fully saturated rings. The molecule has 80 valence electrons. The van der Waals surface area contributed by atoms with Gasteiger partial charge in [0.1, 0.15) is 0 Å². The van der Waals surface area contributed by atoms with Gasteiger partial charge in [0.2, 0.25) is 0 Å². The second kappa shape index (κ2) is 7.10. The van der Waals surface area contributed by atoms with E-state index in [4.69, 9.17) is 8.42 Å². The summed E-state index contributed by atoms with van der Waals surface area (Å²) in [6.07, 6.45) is 2.45. The van der Waals surface area contributed by atoms with E-state index in [1.54, 1.807) is 0 Å². The van der Waals surface area contributed by atoms with Crippen LogP contribution in [0.3, 0.4) is 0 Å². The third-order valence-electron chi connectivity index (χ3n) is 1.38. The van der Waals surface area contributed by atoms with Crippen molar-refractivity contribution < 1.29 is 8.42 Å². The molecule has 0 amide bonds. The molecule has 14 heavy (non-hydrogen) atoms. The van der Waals surface area contributed by atoms with Gasteiger partial charge in [0.05, 0.1) is 0 Å². The van der Waals surface area contributed by atoms with E-state index < -0.39 is 8.26 Å². The summed E-state index contributed by atoms with van der Waals surface area (Å²) < 4.78 is 18.3. The Kier molecular flexibility index (Phi) is 6.97. The quantitative estimate of drug-likeness (QED) is 0.759. The largest absolute Gasteiger partial charge is 0.317 e. The molecule has 0 aliphatic carbocycles. The molecule has 0 atom stereocenters. The van der Waals surface area contributed by atoms with Gasteiger partial charge >= 0.3 is 8.26 Å². The van der Waals surface area contributed by atoms with E-state index in [2.05, 4.69) is 58.6 Å². The highest BCUT2D eigenvalue weighted by molar-refractivity contribution is 8.31. The minimum Gasteiger partial charge on any atom is -0.195 e. The molecule has 5 heteroatoms. The zero-order valence-corrected chi connectivity index (χ0v) is 10.1. The standard InChI is InChI=1S/C9H12.Cl2O2S/c1-2-6-9-7-4-3-5-8-9;1-5(2,3)4/h3-5,7-8H,2,6H2,1H3;. The monoisotopic (exact) mass is 254 g/mol. The Morgan fingerprint density at radius 2 is 1.57 bits per heavy atom. The highest BCUT2D eigenvalue weighted by Gasteiger charge is 1.88. The Balaban J connectivity index is 0.000000292. The molecule has 0 saturated carbocycles. The van der Waals surface area contributed by atoms with Crippen molar-refractivity contribution >= 4 is 29.6 Å². The summed E-state index contributed by atoms with van der Waals surface area (Å²) in [5, 5.41) is 0. The third-order valence-corrected chi connectivity index (χ3v) is 1.38. The molecule has 0 aromatic heterocycles. The molecule has 0 unspecified atom stereocenters. The fourth-order valence-corrected chi connectivity index (χ4v) is 0.933. The molecule has 1 aromatic rings. The Morgan fingerprint density at radius 3 is 1.93 bits per heavy atom. The van der Waals surface area contributed by atoms with Crippen LogP contribution >= 0.6 is 21.4 Å². The summed E-state index contributed by atoms with van der Waals surface area (Å²) in [4.78, 5) is 0. The first kappa shape index (κ1) is 13.8. The van der Waals surface area contributed by atoms with E-state index in [1.165, 1.54) is 18.4 Å². The second-order valence-corrected chi connectivity index (χ2v) is 6.28. The van der Waals surface area contributed by atoms with Crippen molar-refractivity contribution in [3.8, 4) is 0 Å². The van der Waals surface area contributed by atoms with Crippen LogP contribution in [-0.4, -0.2) is 8.42 Å². The summed E-state index contributed by atoms with van der Waals surface area (Å²) in [5.41, 5.74) is 1.44. The summed E-state index contributed by atoms with van der Waals surface area (Å²) in [5.74, 6) is 0. The number of aryl methyl sites for hydroxylation is 1. The van der Waals surface area contributed by atoms with Gasteiger partial charge < -0.3 is 0 Å². The van der Waals surface area contributed by atoms with Crippen molar-refractivity contribution in [3.05, 3.63) is 35.9 Å². The summed E-state index contributed by atoms with van der Waals surface area (Å²) >= 11 is 0. The molecule has 0 aliphatic heterocycles. The average molecular weight is 255 g/mol. The van der Waals surface area contributed by atoms with Gasteiger partial charge in [-0.2, -0.15) is 8.42 Å². The highest BCUT2D eigenvalue weighted by Crippen LogP contribution is 2.00. The first-order chi connectivity index (χ1) is 6.43. The molecule has 2 nitrogen and oxygen atoms in total. The molecule has 1 rings (SSSR count). The first-order valence-electron chi connectivity index (χ1n) is 4.11. The van der Waals surface area contributed by atoms with E-state index in [9.17, 15) is 0 Å². The maximum Gasteiger partial charge on any atom is 0.317 e. The van der Waals surface area contributed by atoms with Crippen molar-refractivity contribution in [3.63, 3.8) is 0 Å². The molecule has 0 N–H and O–H groups in total. The number of halogens is 2. The minimum absolute atomic E-state index is 1.21. The van der Waals surface area contributed by atoms with E-state index in [0.717, 1.165) is 0 Å². The zero-order valence-electron chi connectivity index (χ0n) is 7.78. The van der Waals surface area contributed by atoms with Crippen LogP contribution in [0.15, 0.2) is 30.3 Å². The van der Waals surface area contributed by atoms with Crippen LogP contribution in [0.25, 0.3) is 0 Å². The van der Waals surface area contributed by atoms with Gasteiger partial charge in [0.25, 0.3) is 0 Å². The van der Waals surface area contributed by atoms with Gasteiger partial charge in [0.15, 0.2) is 0 Å². The second-order valence-electron chi connectivity index (χ2n) is 2.61. The van der Waals surface area contributed by atoms with Crippen LogP contribution in [0.5, 0.6) is 0 Å². The number of benzene rings is 1. The Labute approximate surface area is 93.8 Å². The lowest BCUT2D eigenvalue weighted by atomic mass is 10.1. The van der Waals surface area contributed by atoms with Crippen molar-refractivity contribution in [2.24, 2.45) is 0 Å². The van der Waals surface area contributed by atoms with Gasteiger partial charge in [0, 0.05) is 21.4 Å². The lowest BCUT2D eigenvalue weighted by Crippen LogP contribution is -1.78. The van der Waals surface area contributed by atoms with Gasteiger partial charge in [-0.3, -0.25) is 0 Å². The number of hydrogen-bond acceptors (Lipinski definition) is 2. The smallest absolute Gasteiger partial charge is 0.195 e. The van der Waals surface area contributed by atoms with Crippen LogP contribution in [0.2, 0.25) is 0 Å². The van der Waals surface area contributed by atoms with Crippen molar-refractivity contribution in [1.82, 2.24) is 0 Å². The summed E-state index contributed by atoms with van der Waals surface area (Å²) in [6.45, 7) is 2.20. The van der Waals surface area contributed by atoms with Gasteiger partial charge in [-0.1, -0.05) is 43.7 Å². The normalized spacial score (nSPS) is 10.2. The number of hydrogen-bond donors (Lipinski definition) is 0. The Hall–Kier alpha value is -0.250. The van der Waals surface area contributed by atoms with E-state index in [0.29, 0.717) is 0 Å². The summed E-state index contributed by atoms with van der Waals surface area (Å²) in [7, 11) is 4.81. The fraction of sp³-hybridized carbons (Fsp3) is 0.333. The first-order valence-corrected chi connectivity index (χ1v) is 7.25. The number of rotatable bonds is 2. The van der Waals surface area contributed by atoms with E-state index in [-0.39, 0.29) is 0 Å². The fourth-order valence-electron chi connectivity index (χ4n) is 0.933. The molecule has 0 saturated heterocycles. The predicted molar refractivity (Wildman–Crippen MR) is 61.1 cm³/mol. The topological polar surface area (TPSA) is 34.1 Å². The van der Waals surface area contributed by atoms with Gasteiger partial charge in [-0.15, -0.1) is 0 Å². The zero-order chi connectivity index (χ0) is 11.0. The molecule has 0 aliphatic rings. The van der Waals surface area contributed by atoms with Gasteiger partial charge in [-0.25, -0.2) is 0 Å².